The van der Waals surface area contributed by atoms with Crippen LogP contribution in [0.4, 0.5) is 0 Å². The van der Waals surface area contributed by atoms with Gasteiger partial charge in [-0.15, -0.1) is 0 Å². The van der Waals surface area contributed by atoms with Gasteiger partial charge in [0.2, 0.25) is 5.82 Å². The Morgan fingerprint density at radius 2 is 2.20 bits per heavy atom. The third kappa shape index (κ3) is 4.92. The van der Waals surface area contributed by atoms with E-state index in [9.17, 15) is 4.79 Å². The maximum Gasteiger partial charge on any atom is 0.204 e. The lowest BCUT2D eigenvalue weighted by molar-refractivity contribution is -0.110. The van der Waals surface area contributed by atoms with Crippen LogP contribution >= 0.6 is 0 Å². The summed E-state index contributed by atoms with van der Waals surface area (Å²) in [5, 5.41) is 0. The first-order chi connectivity index (χ1) is 7.33. The zero-order valence-corrected chi connectivity index (χ0v) is 8.81. The number of rotatable bonds is 4. The molecule has 0 aliphatic rings. The normalized spacial score (nSPS) is 11.3. The smallest absolute Gasteiger partial charge is 0.204 e. The van der Waals surface area contributed by atoms with Crippen molar-refractivity contribution in [2.24, 2.45) is 5.92 Å². The fourth-order valence-electron chi connectivity index (χ4n) is 1.09. The van der Waals surface area contributed by atoms with E-state index in [1.54, 1.807) is 18.5 Å². The van der Waals surface area contributed by atoms with E-state index < -0.39 is 0 Å². The summed E-state index contributed by atoms with van der Waals surface area (Å²) in [7, 11) is 0. The molecule has 0 saturated heterocycles. The lowest BCUT2D eigenvalue weighted by atomic mass is 10.1. The molecule has 3 heteroatoms. The molecule has 0 aliphatic heterocycles. The number of aromatic nitrogens is 2. The molecule has 1 rings (SSSR count). The van der Waals surface area contributed by atoms with Crippen LogP contribution in [0.2, 0.25) is 0 Å². The average Bonchev–Trinajstić information content (AvgIpc) is 2.29. The maximum atomic E-state index is 10.3. The Balaban J connectivity index is 2.26. The lowest BCUT2D eigenvalue weighted by Crippen LogP contribution is -1.94. The maximum absolute atomic E-state index is 10.3. The van der Waals surface area contributed by atoms with E-state index in [0.717, 1.165) is 25.5 Å². The first-order valence-electron chi connectivity index (χ1n) is 5.04. The average molecular weight is 202 g/mol. The molecule has 15 heavy (non-hydrogen) atoms. The Labute approximate surface area is 90.0 Å². The minimum Gasteiger partial charge on any atom is -0.303 e. The second-order valence-corrected chi connectivity index (χ2v) is 3.38. The predicted molar refractivity (Wildman–Crippen MR) is 58.0 cm³/mol. The second kappa shape index (κ2) is 6.72. The molecule has 1 aromatic rings. The molecule has 0 saturated carbocycles. The summed E-state index contributed by atoms with van der Waals surface area (Å²) in [6, 6.07) is 1.76. The number of carbonyl (C=O) groups excluding carboxylic acids is 1. The molecular formula is C12H14N2O. The van der Waals surface area contributed by atoms with Gasteiger partial charge < -0.3 is 4.79 Å². The van der Waals surface area contributed by atoms with E-state index in [2.05, 4.69) is 21.8 Å². The largest absolute Gasteiger partial charge is 0.303 e. The summed E-state index contributed by atoms with van der Waals surface area (Å²) in [5.41, 5.74) is 0. The van der Waals surface area contributed by atoms with Crippen LogP contribution in [-0.2, 0) is 4.79 Å². The molecule has 1 heterocycles. The minimum absolute atomic E-state index is 0.139. The standard InChI is InChI=1S/C12H14N2O/c1-11(10-15)6-3-2-4-7-12-13-8-5-9-14-12/h5,8-11H,2-3,6H2,1H3/t11-/m0/s1. The van der Waals surface area contributed by atoms with Gasteiger partial charge in [-0.3, -0.25) is 0 Å². The van der Waals surface area contributed by atoms with Crippen molar-refractivity contribution in [3.8, 4) is 11.8 Å². The third-order valence-electron chi connectivity index (χ3n) is 1.96. The summed E-state index contributed by atoms with van der Waals surface area (Å²) < 4.78 is 0. The molecule has 0 unspecified atom stereocenters. The van der Waals surface area contributed by atoms with Crippen LogP contribution in [0.15, 0.2) is 18.5 Å². The SMILES string of the molecule is C[C@H](C=O)CCCC#Cc1ncccn1. The van der Waals surface area contributed by atoms with Gasteiger partial charge in [-0.1, -0.05) is 12.8 Å². The van der Waals surface area contributed by atoms with Crippen molar-refractivity contribution in [2.45, 2.75) is 26.2 Å². The molecular weight excluding hydrogens is 188 g/mol. The van der Waals surface area contributed by atoms with Gasteiger partial charge in [-0.2, -0.15) is 0 Å². The Hall–Kier alpha value is -1.69. The number of nitrogens with zero attached hydrogens (tertiary/aromatic N) is 2. The van der Waals surface area contributed by atoms with Gasteiger partial charge in [0, 0.05) is 24.7 Å². The molecule has 0 radical (unpaired) electrons. The highest BCUT2D eigenvalue weighted by molar-refractivity contribution is 5.52. The van der Waals surface area contributed by atoms with Crippen molar-refractivity contribution in [1.82, 2.24) is 9.97 Å². The monoisotopic (exact) mass is 202 g/mol. The quantitative estimate of drug-likeness (QED) is 0.425. The third-order valence-corrected chi connectivity index (χ3v) is 1.96. The predicted octanol–water partition coefficient (Wildman–Crippen LogP) is 1.83. The molecule has 3 nitrogen and oxygen atoms in total. The fourth-order valence-corrected chi connectivity index (χ4v) is 1.09. The van der Waals surface area contributed by atoms with Crippen LogP contribution in [0.5, 0.6) is 0 Å². The minimum atomic E-state index is 0.139. The van der Waals surface area contributed by atoms with E-state index in [1.807, 2.05) is 6.92 Å². The van der Waals surface area contributed by atoms with Crippen molar-refractivity contribution in [3.63, 3.8) is 0 Å². The highest BCUT2D eigenvalue weighted by atomic mass is 16.1. The van der Waals surface area contributed by atoms with Gasteiger partial charge in [0.25, 0.3) is 0 Å². The molecule has 78 valence electrons. The zero-order chi connectivity index (χ0) is 10.9. The number of unbranched alkanes of at least 4 members (excludes halogenated alkanes) is 1. The Morgan fingerprint density at radius 1 is 1.47 bits per heavy atom. The van der Waals surface area contributed by atoms with Gasteiger partial charge in [-0.25, -0.2) is 9.97 Å². The van der Waals surface area contributed by atoms with E-state index in [1.165, 1.54) is 0 Å². The van der Waals surface area contributed by atoms with Crippen molar-refractivity contribution in [2.75, 3.05) is 0 Å². The summed E-state index contributed by atoms with van der Waals surface area (Å²) in [6.07, 6.45) is 6.95. The Morgan fingerprint density at radius 3 is 2.87 bits per heavy atom. The summed E-state index contributed by atoms with van der Waals surface area (Å²) in [4.78, 5) is 18.3. The number of aldehydes is 1. The Kier molecular flexibility index (Phi) is 5.10. The van der Waals surface area contributed by atoms with Crippen LogP contribution in [0.1, 0.15) is 32.0 Å². The molecule has 0 N–H and O–H groups in total. The number of hydrogen-bond acceptors (Lipinski definition) is 3. The van der Waals surface area contributed by atoms with Gasteiger partial charge in [0.15, 0.2) is 0 Å². The molecule has 0 bridgehead atoms. The van der Waals surface area contributed by atoms with Gasteiger partial charge in [0.05, 0.1) is 0 Å². The Bertz CT molecular complexity index is 351. The van der Waals surface area contributed by atoms with E-state index in [-0.39, 0.29) is 5.92 Å². The first kappa shape index (κ1) is 11.4. The second-order valence-electron chi connectivity index (χ2n) is 3.38. The number of hydrogen-bond donors (Lipinski definition) is 0. The van der Waals surface area contributed by atoms with Gasteiger partial charge in [-0.05, 0) is 24.8 Å². The van der Waals surface area contributed by atoms with Crippen molar-refractivity contribution in [1.29, 1.82) is 0 Å². The van der Waals surface area contributed by atoms with Gasteiger partial charge >= 0.3 is 0 Å². The van der Waals surface area contributed by atoms with Crippen molar-refractivity contribution < 1.29 is 4.79 Å². The highest BCUT2D eigenvalue weighted by Crippen LogP contribution is 2.03. The van der Waals surface area contributed by atoms with Crippen molar-refractivity contribution >= 4 is 6.29 Å². The zero-order valence-electron chi connectivity index (χ0n) is 8.81. The van der Waals surface area contributed by atoms with Crippen LogP contribution in [-0.4, -0.2) is 16.3 Å². The van der Waals surface area contributed by atoms with Gasteiger partial charge in [0.1, 0.15) is 6.29 Å². The molecule has 1 atom stereocenters. The van der Waals surface area contributed by atoms with Crippen LogP contribution < -0.4 is 0 Å². The fraction of sp³-hybridized carbons (Fsp3) is 0.417. The topological polar surface area (TPSA) is 42.9 Å². The highest BCUT2D eigenvalue weighted by Gasteiger charge is 1.96. The van der Waals surface area contributed by atoms with E-state index in [4.69, 9.17) is 0 Å². The first-order valence-corrected chi connectivity index (χ1v) is 5.04. The molecule has 0 aromatic carbocycles. The van der Waals surface area contributed by atoms with Crippen molar-refractivity contribution in [3.05, 3.63) is 24.3 Å². The van der Waals surface area contributed by atoms with Crippen LogP contribution in [0.25, 0.3) is 0 Å². The number of carbonyl (C=O) groups is 1. The van der Waals surface area contributed by atoms with E-state index >= 15 is 0 Å². The molecule has 0 fully saturated rings. The van der Waals surface area contributed by atoms with Crippen LogP contribution in [0, 0.1) is 17.8 Å². The van der Waals surface area contributed by atoms with Crippen LogP contribution in [0.3, 0.4) is 0 Å². The summed E-state index contributed by atoms with van der Waals surface area (Å²) in [6.45, 7) is 1.92. The van der Waals surface area contributed by atoms with E-state index in [0.29, 0.717) is 5.82 Å². The summed E-state index contributed by atoms with van der Waals surface area (Å²) >= 11 is 0. The molecule has 0 spiro atoms. The summed E-state index contributed by atoms with van der Waals surface area (Å²) in [5.74, 6) is 6.56. The molecule has 0 amide bonds. The molecule has 1 aromatic heterocycles. The molecule has 0 aliphatic carbocycles. The lowest BCUT2D eigenvalue weighted by Gasteiger charge is -1.98.